The Kier molecular flexibility index (Phi) is 5.21. The number of carbonyl (C=O) groups excluding carboxylic acids is 1. The van der Waals surface area contributed by atoms with Gasteiger partial charge >= 0.3 is 0 Å². The molecule has 1 fully saturated rings. The summed E-state index contributed by atoms with van der Waals surface area (Å²) in [6.07, 6.45) is 2.19. The van der Waals surface area contributed by atoms with Gasteiger partial charge in [0.25, 0.3) is 5.91 Å². The number of halogens is 1. The van der Waals surface area contributed by atoms with Crippen LogP contribution < -0.4 is 5.32 Å². The fourth-order valence-corrected chi connectivity index (χ4v) is 3.12. The number of likely N-dealkylation sites (N-methyl/N-ethyl adjacent to an activating group) is 1. The largest absolute Gasteiger partial charge is 0.334 e. The minimum Gasteiger partial charge on any atom is -0.334 e. The van der Waals surface area contributed by atoms with Crippen molar-refractivity contribution >= 4 is 29.1 Å². The lowest BCUT2D eigenvalue weighted by atomic mass is 10.0. The van der Waals surface area contributed by atoms with Gasteiger partial charge in [-0.3, -0.25) is 4.79 Å². The highest BCUT2D eigenvalue weighted by molar-refractivity contribution is 6.07. The molecule has 0 aromatic heterocycles. The standard InChI is InChI=1S/C17H20N2O.ClH/c1-18-12-14-8-5-11-19(14)17(20)16-10-4-7-13-6-2-3-9-15(13)16;/h2-4,6-7,9-10,14,18H,5,8,11-12H2,1H3;1H. The third kappa shape index (κ3) is 3.04. The normalized spacial score (nSPS) is 17.8. The minimum atomic E-state index is 0. The van der Waals surface area contributed by atoms with Crippen molar-refractivity contribution in [3.05, 3.63) is 48.0 Å². The summed E-state index contributed by atoms with van der Waals surface area (Å²) in [6, 6.07) is 14.4. The average Bonchev–Trinajstić information content (AvgIpc) is 2.94. The van der Waals surface area contributed by atoms with Crippen molar-refractivity contribution in [1.82, 2.24) is 10.2 Å². The fourth-order valence-electron chi connectivity index (χ4n) is 3.12. The molecule has 0 aliphatic carbocycles. The summed E-state index contributed by atoms with van der Waals surface area (Å²) < 4.78 is 0. The van der Waals surface area contributed by atoms with E-state index in [0.29, 0.717) is 6.04 Å². The molecule has 0 bridgehead atoms. The monoisotopic (exact) mass is 304 g/mol. The molecule has 4 heteroatoms. The predicted molar refractivity (Wildman–Crippen MR) is 89.2 cm³/mol. The molecule has 0 radical (unpaired) electrons. The topological polar surface area (TPSA) is 32.3 Å². The maximum absolute atomic E-state index is 12.8. The van der Waals surface area contributed by atoms with E-state index < -0.39 is 0 Å². The van der Waals surface area contributed by atoms with E-state index in [1.807, 2.05) is 42.3 Å². The Labute approximate surface area is 131 Å². The van der Waals surface area contributed by atoms with Crippen LogP contribution in [0.1, 0.15) is 23.2 Å². The predicted octanol–water partition coefficient (Wildman–Crippen LogP) is 3.09. The van der Waals surface area contributed by atoms with Gasteiger partial charge in [-0.15, -0.1) is 12.4 Å². The summed E-state index contributed by atoms with van der Waals surface area (Å²) in [7, 11) is 1.94. The first-order valence-corrected chi connectivity index (χ1v) is 7.24. The smallest absolute Gasteiger partial charge is 0.254 e. The SMILES string of the molecule is CNCC1CCCN1C(=O)c1cccc2ccccc12.Cl. The second kappa shape index (κ2) is 6.92. The van der Waals surface area contributed by atoms with Crippen LogP contribution in [-0.2, 0) is 0 Å². The van der Waals surface area contributed by atoms with Gasteiger partial charge < -0.3 is 10.2 Å². The van der Waals surface area contributed by atoms with Crippen LogP contribution in [0.5, 0.6) is 0 Å². The second-order valence-corrected chi connectivity index (χ2v) is 5.38. The Morgan fingerprint density at radius 1 is 1.24 bits per heavy atom. The van der Waals surface area contributed by atoms with Gasteiger partial charge in [-0.25, -0.2) is 0 Å². The van der Waals surface area contributed by atoms with E-state index in [9.17, 15) is 4.79 Å². The van der Waals surface area contributed by atoms with Crippen molar-refractivity contribution in [3.63, 3.8) is 0 Å². The Bertz CT molecular complexity index is 624. The highest BCUT2D eigenvalue weighted by Gasteiger charge is 2.29. The van der Waals surface area contributed by atoms with Gasteiger partial charge in [0.1, 0.15) is 0 Å². The van der Waals surface area contributed by atoms with Crippen LogP contribution in [0.4, 0.5) is 0 Å². The zero-order chi connectivity index (χ0) is 13.9. The van der Waals surface area contributed by atoms with E-state index in [0.717, 1.165) is 42.3 Å². The number of amides is 1. The van der Waals surface area contributed by atoms with Gasteiger partial charge in [0.05, 0.1) is 0 Å². The molecular formula is C17H21ClN2O. The number of carbonyl (C=O) groups is 1. The zero-order valence-electron chi connectivity index (χ0n) is 12.2. The van der Waals surface area contributed by atoms with Crippen molar-refractivity contribution in [1.29, 1.82) is 0 Å². The lowest BCUT2D eigenvalue weighted by Gasteiger charge is -2.25. The van der Waals surface area contributed by atoms with Crippen molar-refractivity contribution in [2.24, 2.45) is 0 Å². The third-order valence-corrected chi connectivity index (χ3v) is 4.10. The Morgan fingerprint density at radius 2 is 2.00 bits per heavy atom. The molecule has 1 amide bonds. The Hall–Kier alpha value is -1.58. The van der Waals surface area contributed by atoms with Crippen LogP contribution in [0.15, 0.2) is 42.5 Å². The molecule has 1 atom stereocenters. The van der Waals surface area contributed by atoms with Gasteiger partial charge in [-0.05, 0) is 36.7 Å². The maximum atomic E-state index is 12.8. The molecule has 3 nitrogen and oxygen atoms in total. The number of hydrogen-bond acceptors (Lipinski definition) is 2. The number of hydrogen-bond donors (Lipinski definition) is 1. The van der Waals surface area contributed by atoms with Crippen LogP contribution in [0.3, 0.4) is 0 Å². The molecule has 112 valence electrons. The van der Waals surface area contributed by atoms with Gasteiger partial charge in [-0.1, -0.05) is 36.4 Å². The van der Waals surface area contributed by atoms with Crippen molar-refractivity contribution in [2.45, 2.75) is 18.9 Å². The first-order valence-electron chi connectivity index (χ1n) is 7.24. The summed E-state index contributed by atoms with van der Waals surface area (Å²) >= 11 is 0. The lowest BCUT2D eigenvalue weighted by Crippen LogP contribution is -2.40. The number of fused-ring (bicyclic) bond motifs is 1. The second-order valence-electron chi connectivity index (χ2n) is 5.38. The van der Waals surface area contributed by atoms with E-state index in [4.69, 9.17) is 0 Å². The van der Waals surface area contributed by atoms with Crippen molar-refractivity contribution in [3.8, 4) is 0 Å². The van der Waals surface area contributed by atoms with Gasteiger partial charge in [0.15, 0.2) is 0 Å². The molecule has 1 N–H and O–H groups in total. The Balaban J connectivity index is 0.00000161. The molecule has 1 unspecified atom stereocenters. The molecule has 2 aromatic carbocycles. The van der Waals surface area contributed by atoms with Gasteiger partial charge in [0.2, 0.25) is 0 Å². The first kappa shape index (κ1) is 15.8. The van der Waals surface area contributed by atoms with Crippen molar-refractivity contribution < 1.29 is 4.79 Å². The summed E-state index contributed by atoms with van der Waals surface area (Å²) in [5.41, 5.74) is 0.825. The summed E-state index contributed by atoms with van der Waals surface area (Å²) in [5, 5.41) is 5.37. The molecule has 3 rings (SSSR count). The van der Waals surface area contributed by atoms with Crippen LogP contribution >= 0.6 is 12.4 Å². The number of rotatable bonds is 3. The van der Waals surface area contributed by atoms with Crippen LogP contribution in [-0.4, -0.2) is 37.0 Å². The van der Waals surface area contributed by atoms with Gasteiger partial charge in [0, 0.05) is 24.7 Å². The molecule has 21 heavy (non-hydrogen) atoms. The lowest BCUT2D eigenvalue weighted by molar-refractivity contribution is 0.0739. The van der Waals surface area contributed by atoms with Crippen LogP contribution in [0.25, 0.3) is 10.8 Å². The van der Waals surface area contributed by atoms with Crippen LogP contribution in [0.2, 0.25) is 0 Å². The van der Waals surface area contributed by atoms with E-state index in [-0.39, 0.29) is 18.3 Å². The number of nitrogens with zero attached hydrogens (tertiary/aromatic N) is 1. The zero-order valence-corrected chi connectivity index (χ0v) is 13.0. The van der Waals surface area contributed by atoms with E-state index in [1.54, 1.807) is 0 Å². The molecule has 0 saturated carbocycles. The Morgan fingerprint density at radius 3 is 2.81 bits per heavy atom. The highest BCUT2D eigenvalue weighted by Crippen LogP contribution is 2.24. The fraction of sp³-hybridized carbons (Fsp3) is 0.353. The number of benzene rings is 2. The first-order chi connectivity index (χ1) is 9.81. The quantitative estimate of drug-likeness (QED) is 0.945. The highest BCUT2D eigenvalue weighted by atomic mass is 35.5. The average molecular weight is 305 g/mol. The third-order valence-electron chi connectivity index (χ3n) is 4.10. The van der Waals surface area contributed by atoms with Gasteiger partial charge in [-0.2, -0.15) is 0 Å². The van der Waals surface area contributed by atoms with E-state index in [2.05, 4.69) is 17.4 Å². The van der Waals surface area contributed by atoms with E-state index in [1.165, 1.54) is 0 Å². The number of nitrogens with one attached hydrogen (secondary N) is 1. The summed E-state index contributed by atoms with van der Waals surface area (Å²) in [4.78, 5) is 14.9. The molecular weight excluding hydrogens is 284 g/mol. The summed E-state index contributed by atoms with van der Waals surface area (Å²) in [6.45, 7) is 1.74. The molecule has 1 heterocycles. The maximum Gasteiger partial charge on any atom is 0.254 e. The molecule has 1 aliphatic heterocycles. The number of likely N-dealkylation sites (tertiary alicyclic amines) is 1. The molecule has 2 aromatic rings. The van der Waals surface area contributed by atoms with Crippen LogP contribution in [0, 0.1) is 0 Å². The minimum absolute atomic E-state index is 0. The molecule has 1 aliphatic rings. The van der Waals surface area contributed by atoms with Crippen molar-refractivity contribution in [2.75, 3.05) is 20.1 Å². The summed E-state index contributed by atoms with van der Waals surface area (Å²) in [5.74, 6) is 0.166. The van der Waals surface area contributed by atoms with E-state index >= 15 is 0 Å². The molecule has 0 spiro atoms. The molecule has 1 saturated heterocycles.